The molecule has 258 valence electrons. The maximum Gasteiger partial charge on any atom is 0.324 e. The summed E-state index contributed by atoms with van der Waals surface area (Å²) in [4.78, 5) is 45.0. The van der Waals surface area contributed by atoms with Crippen LogP contribution in [0.2, 0.25) is 0 Å². The van der Waals surface area contributed by atoms with E-state index in [1.807, 2.05) is 59.3 Å². The minimum atomic E-state index is -0.531. The number of amides is 2. The van der Waals surface area contributed by atoms with Crippen LogP contribution in [0.4, 0.5) is 16.4 Å². The normalized spacial score (nSPS) is 16.6. The third-order valence-electron chi connectivity index (χ3n) is 7.62. The summed E-state index contributed by atoms with van der Waals surface area (Å²) in [5, 5.41) is 14.1. The molecule has 2 aliphatic heterocycles. The van der Waals surface area contributed by atoms with Gasteiger partial charge in [-0.05, 0) is 52.0 Å². The van der Waals surface area contributed by atoms with Crippen LogP contribution in [0, 0.1) is 17.8 Å². The van der Waals surface area contributed by atoms with Gasteiger partial charge in [0, 0.05) is 76.1 Å². The van der Waals surface area contributed by atoms with Crippen molar-refractivity contribution in [3.05, 3.63) is 47.3 Å². The maximum absolute atomic E-state index is 13.3. The molecule has 12 nitrogen and oxygen atoms in total. The first-order valence-electron chi connectivity index (χ1n) is 16.0. The second-order valence-corrected chi connectivity index (χ2v) is 12.5. The van der Waals surface area contributed by atoms with E-state index in [1.165, 1.54) is 6.08 Å². The molecule has 0 aliphatic carbocycles. The van der Waals surface area contributed by atoms with E-state index < -0.39 is 11.2 Å². The van der Waals surface area contributed by atoms with E-state index in [4.69, 9.17) is 16.1 Å². The summed E-state index contributed by atoms with van der Waals surface area (Å²) in [6.07, 6.45) is 14.1. The Morgan fingerprint density at radius 2 is 1.72 bits per heavy atom. The van der Waals surface area contributed by atoms with Crippen molar-refractivity contribution < 1.29 is 23.6 Å². The van der Waals surface area contributed by atoms with Gasteiger partial charge in [-0.25, -0.2) is 9.97 Å². The van der Waals surface area contributed by atoms with Gasteiger partial charge >= 0.3 is 6.01 Å². The first-order chi connectivity index (χ1) is 22.4. The molecule has 4 heterocycles. The summed E-state index contributed by atoms with van der Waals surface area (Å²) in [7, 11) is 1.00. The number of hydrogen-bond acceptors (Lipinski definition) is 10. The van der Waals surface area contributed by atoms with Crippen molar-refractivity contribution >= 4 is 23.8 Å². The number of anilines is 2. The van der Waals surface area contributed by atoms with Crippen LogP contribution in [0.15, 0.2) is 40.5 Å². The van der Waals surface area contributed by atoms with Crippen LogP contribution >= 0.6 is 0 Å². The van der Waals surface area contributed by atoms with Crippen LogP contribution in [0.3, 0.4) is 0 Å². The fourth-order valence-corrected chi connectivity index (χ4v) is 4.96. The number of aromatic nitrogens is 4. The quantitative estimate of drug-likeness (QED) is 0.312. The van der Waals surface area contributed by atoms with E-state index in [0.29, 0.717) is 36.4 Å². The third kappa shape index (κ3) is 11.8. The number of nitrogens with one attached hydrogen (secondary N) is 1. The second kappa shape index (κ2) is 18.7. The summed E-state index contributed by atoms with van der Waals surface area (Å²) in [5.74, 6) is 2.63. The Bertz CT molecular complexity index is 1380. The van der Waals surface area contributed by atoms with Crippen LogP contribution in [0.1, 0.15) is 83.9 Å². The van der Waals surface area contributed by atoms with Gasteiger partial charge in [0.15, 0.2) is 11.7 Å². The lowest BCUT2D eigenvalue weighted by atomic mass is 9.95. The number of hydrogen-bond donors (Lipinski definition) is 2. The summed E-state index contributed by atoms with van der Waals surface area (Å²) in [5.41, 5.74) is 1.10. The van der Waals surface area contributed by atoms with Crippen LogP contribution in [-0.2, 0) is 11.2 Å². The summed E-state index contributed by atoms with van der Waals surface area (Å²) < 4.78 is 17.4. The molecule has 4 rings (SSSR count). The number of aliphatic hydroxyl groups is 1. The van der Waals surface area contributed by atoms with Crippen LogP contribution < -0.4 is 15.1 Å². The third-order valence-corrected chi connectivity index (χ3v) is 7.62. The van der Waals surface area contributed by atoms with Crippen molar-refractivity contribution in [2.45, 2.75) is 86.2 Å². The maximum atomic E-state index is 13.3. The van der Waals surface area contributed by atoms with Crippen molar-refractivity contribution in [1.82, 2.24) is 30.3 Å². The highest BCUT2D eigenvalue weighted by Crippen LogP contribution is 2.24. The van der Waals surface area contributed by atoms with E-state index in [0.717, 1.165) is 58.0 Å². The summed E-state index contributed by atoms with van der Waals surface area (Å²) in [6.45, 7) is 17.0. The molecule has 2 aromatic rings. The number of halogens is 1. The Labute approximate surface area is 278 Å². The Balaban J connectivity index is 0.000000605. The largest absolute Gasteiger partial charge is 0.400 e. The van der Waals surface area contributed by atoms with E-state index >= 15 is 0 Å². The van der Waals surface area contributed by atoms with Gasteiger partial charge in [-0.2, -0.15) is 9.37 Å². The van der Waals surface area contributed by atoms with Gasteiger partial charge in [0.25, 0.3) is 5.91 Å². The molecular formula is C34H51FN8O4. The number of terminal acetylenes is 1. The molecule has 1 atom stereocenters. The Morgan fingerprint density at radius 1 is 1.11 bits per heavy atom. The predicted molar refractivity (Wildman–Crippen MR) is 181 cm³/mol. The summed E-state index contributed by atoms with van der Waals surface area (Å²) >= 11 is 0. The predicted octanol–water partition coefficient (Wildman–Crippen LogP) is 4.34. The molecule has 1 unspecified atom stereocenters. The number of piperidine rings is 1. The molecule has 0 radical (unpaired) electrons. The van der Waals surface area contributed by atoms with E-state index in [-0.39, 0.29) is 23.9 Å². The van der Waals surface area contributed by atoms with Gasteiger partial charge in [0.05, 0.1) is 5.56 Å². The molecule has 0 spiro atoms. The molecule has 47 heavy (non-hydrogen) atoms. The smallest absolute Gasteiger partial charge is 0.324 e. The molecule has 0 aromatic carbocycles. The Kier molecular flexibility index (Phi) is 15.5. The number of carbonyl (C=O) groups is 2. The number of rotatable bonds is 8. The highest BCUT2D eigenvalue weighted by Gasteiger charge is 2.31. The zero-order valence-corrected chi connectivity index (χ0v) is 29.1. The lowest BCUT2D eigenvalue weighted by Gasteiger charge is -2.37. The van der Waals surface area contributed by atoms with Crippen molar-refractivity contribution in [2.24, 2.45) is 5.41 Å². The average molecular weight is 655 g/mol. The zero-order chi connectivity index (χ0) is 35.1. The van der Waals surface area contributed by atoms with Crippen molar-refractivity contribution in [1.29, 1.82) is 0 Å². The molecule has 2 N–H and O–H groups in total. The molecule has 0 bridgehead atoms. The lowest BCUT2D eigenvalue weighted by molar-refractivity contribution is -0.129. The molecule has 0 saturated carbocycles. The van der Waals surface area contributed by atoms with Gasteiger partial charge in [-0.15, -0.1) is 6.42 Å². The fourth-order valence-electron chi connectivity index (χ4n) is 4.96. The number of aryl methyl sites for hydroxylation is 1. The fraction of sp³-hybridized carbons (Fsp3) is 0.588. The topological polar surface area (TPSA) is 141 Å². The first kappa shape index (κ1) is 38.9. The zero-order valence-electron chi connectivity index (χ0n) is 29.1. The highest BCUT2D eigenvalue weighted by molar-refractivity contribution is 5.94. The average Bonchev–Trinajstić information content (AvgIpc) is 3.75. The minimum absolute atomic E-state index is 0.0458. The van der Waals surface area contributed by atoms with E-state index in [1.54, 1.807) is 18.5 Å². The molecular weight excluding hydrogens is 603 g/mol. The second-order valence-electron chi connectivity index (χ2n) is 12.5. The van der Waals surface area contributed by atoms with Gasteiger partial charge < -0.3 is 29.6 Å². The van der Waals surface area contributed by atoms with E-state index in [9.17, 15) is 14.0 Å². The standard InChI is InChI=1S/C25H38N8O3.C8H9F.CH4O/c1-6-20-29-24(36-30-20)31-12-9-19(10-13-31)33(7-2)21(34)17-14-26-23(27-15-17)32-11-8-18(16-32)28-22(35)25(3,4)5;1-4-8(9)6-5-7(2)3;1-2/h14-15,18-19H,6-13,16H2,1-5H3,(H,28,35);1,5-6H,2-3H3;2H,1H3/b;8-6+;. The summed E-state index contributed by atoms with van der Waals surface area (Å²) in [6, 6.07) is 0.771. The number of nitrogens with zero attached hydrogens (tertiary/aromatic N) is 7. The highest BCUT2D eigenvalue weighted by atomic mass is 19.1. The van der Waals surface area contributed by atoms with Crippen LogP contribution in [0.25, 0.3) is 0 Å². The molecule has 2 aliphatic rings. The number of allylic oxidation sites excluding steroid dienone is 4. The number of aliphatic hydroxyl groups excluding tert-OH is 1. The van der Waals surface area contributed by atoms with Crippen molar-refractivity contribution in [3.8, 4) is 12.3 Å². The minimum Gasteiger partial charge on any atom is -0.400 e. The van der Waals surface area contributed by atoms with Crippen LogP contribution in [-0.4, -0.2) is 93.8 Å². The van der Waals surface area contributed by atoms with Gasteiger partial charge in [-0.1, -0.05) is 44.5 Å². The number of carbonyl (C=O) groups excluding carboxylic acids is 2. The van der Waals surface area contributed by atoms with Gasteiger partial charge in [-0.3, -0.25) is 9.59 Å². The van der Waals surface area contributed by atoms with Gasteiger partial charge in [0.1, 0.15) is 0 Å². The molecule has 13 heteroatoms. The SMILES string of the molecule is C#C/C(F)=C\C=C(C)C.CCc1noc(N2CCC(N(CC)C(=O)c3cnc(N4CCC(NC(=O)C(C)(C)C)C4)nc3)CC2)n1.CO. The Hall–Kier alpha value is -4.31. The lowest BCUT2D eigenvalue weighted by Crippen LogP contribution is -2.47. The first-order valence-corrected chi connectivity index (χ1v) is 16.0. The Morgan fingerprint density at radius 3 is 2.23 bits per heavy atom. The van der Waals surface area contributed by atoms with E-state index in [2.05, 4.69) is 35.2 Å². The molecule has 2 saturated heterocycles. The molecule has 2 amide bonds. The van der Waals surface area contributed by atoms with Crippen LogP contribution in [0.5, 0.6) is 0 Å². The molecule has 2 aromatic heterocycles. The monoisotopic (exact) mass is 654 g/mol. The van der Waals surface area contributed by atoms with Crippen molar-refractivity contribution in [3.63, 3.8) is 0 Å². The van der Waals surface area contributed by atoms with Gasteiger partial charge in [0.2, 0.25) is 11.9 Å². The molecule has 2 fully saturated rings. The van der Waals surface area contributed by atoms with Crippen molar-refractivity contribution in [2.75, 3.05) is 49.6 Å².